The number of nitrogens with one attached hydrogen (secondary N) is 1. The summed E-state index contributed by atoms with van der Waals surface area (Å²) in [6.07, 6.45) is 2.28. The zero-order valence-electron chi connectivity index (χ0n) is 13.6. The van der Waals surface area contributed by atoms with E-state index in [0.717, 1.165) is 31.6 Å². The molecule has 1 aromatic carbocycles. The number of carbonyl (C=O) groups excluding carboxylic acids is 1. The summed E-state index contributed by atoms with van der Waals surface area (Å²) < 4.78 is 0. The molecule has 0 saturated carbocycles. The summed E-state index contributed by atoms with van der Waals surface area (Å²) in [5.41, 5.74) is 0.447. The lowest BCUT2D eigenvalue weighted by Gasteiger charge is -2.38. The average Bonchev–Trinajstić information content (AvgIpc) is 2.47. The van der Waals surface area contributed by atoms with E-state index in [-0.39, 0.29) is 18.3 Å². The van der Waals surface area contributed by atoms with E-state index in [0.29, 0.717) is 10.9 Å². The third kappa shape index (κ3) is 4.37. The summed E-state index contributed by atoms with van der Waals surface area (Å²) in [6.45, 7) is 6.67. The molecule has 1 aromatic rings. The Labute approximate surface area is 144 Å². The molecular formula is C17H26Cl2N2O. The number of likely N-dealkylation sites (tertiary alicyclic amines) is 1. The fourth-order valence-corrected chi connectivity index (χ4v) is 3.29. The number of hydrogen-bond donors (Lipinski definition) is 1. The monoisotopic (exact) mass is 344 g/mol. The zero-order chi connectivity index (χ0) is 15.5. The summed E-state index contributed by atoms with van der Waals surface area (Å²) in [4.78, 5) is 15.0. The minimum atomic E-state index is -0.535. The third-order valence-corrected chi connectivity index (χ3v) is 4.62. The first kappa shape index (κ1) is 19.3. The highest BCUT2D eigenvalue weighted by Gasteiger charge is 2.35. The standard InChI is InChI=1S/C17H25ClN2O.ClH/c1-17(2,14-7-4-8-15(18)10-14)16(21)20-9-5-6-13(12-20)11-19-3;/h4,7-8,10,13,19H,5-6,9,11-12H2,1-3H3;1H. The van der Waals surface area contributed by atoms with Gasteiger partial charge in [0.2, 0.25) is 5.91 Å². The minimum absolute atomic E-state index is 0. The Morgan fingerprint density at radius 2 is 2.18 bits per heavy atom. The van der Waals surface area contributed by atoms with E-state index in [4.69, 9.17) is 11.6 Å². The molecule has 1 N–H and O–H groups in total. The molecule has 0 aliphatic carbocycles. The molecule has 2 rings (SSSR count). The molecule has 1 aliphatic heterocycles. The molecule has 22 heavy (non-hydrogen) atoms. The first-order valence-electron chi connectivity index (χ1n) is 7.65. The maximum atomic E-state index is 12.9. The number of piperidine rings is 1. The van der Waals surface area contributed by atoms with E-state index in [9.17, 15) is 4.79 Å². The van der Waals surface area contributed by atoms with Crippen molar-refractivity contribution in [1.29, 1.82) is 0 Å². The first-order chi connectivity index (χ1) is 9.95. The molecule has 1 unspecified atom stereocenters. The third-order valence-electron chi connectivity index (χ3n) is 4.38. The fourth-order valence-electron chi connectivity index (χ4n) is 3.10. The largest absolute Gasteiger partial charge is 0.342 e. The van der Waals surface area contributed by atoms with Gasteiger partial charge in [0.05, 0.1) is 5.41 Å². The van der Waals surface area contributed by atoms with Crippen LogP contribution in [0.4, 0.5) is 0 Å². The second-order valence-corrected chi connectivity index (χ2v) is 6.89. The van der Waals surface area contributed by atoms with Crippen molar-refractivity contribution in [3.8, 4) is 0 Å². The van der Waals surface area contributed by atoms with Crippen LogP contribution in [0, 0.1) is 5.92 Å². The number of halogens is 2. The minimum Gasteiger partial charge on any atom is -0.342 e. The second kappa shape index (κ2) is 8.19. The molecule has 5 heteroatoms. The number of amides is 1. The number of hydrogen-bond acceptors (Lipinski definition) is 2. The van der Waals surface area contributed by atoms with Crippen LogP contribution < -0.4 is 5.32 Å². The molecular weight excluding hydrogens is 319 g/mol. The Balaban J connectivity index is 0.00000242. The quantitative estimate of drug-likeness (QED) is 0.906. The first-order valence-corrected chi connectivity index (χ1v) is 8.03. The van der Waals surface area contributed by atoms with Gasteiger partial charge in [-0.2, -0.15) is 0 Å². The average molecular weight is 345 g/mol. The van der Waals surface area contributed by atoms with Crippen LogP contribution in [0.2, 0.25) is 5.02 Å². The van der Waals surface area contributed by atoms with Gasteiger partial charge in [-0.25, -0.2) is 0 Å². The van der Waals surface area contributed by atoms with Crippen LogP contribution in [0.3, 0.4) is 0 Å². The Hall–Kier alpha value is -0.770. The van der Waals surface area contributed by atoms with Crippen molar-refractivity contribution in [2.45, 2.75) is 32.1 Å². The molecule has 1 saturated heterocycles. The Bertz CT molecular complexity index is 503. The molecule has 0 radical (unpaired) electrons. The Morgan fingerprint density at radius 1 is 1.45 bits per heavy atom. The maximum absolute atomic E-state index is 12.9. The SMILES string of the molecule is CNCC1CCCN(C(=O)C(C)(C)c2cccc(Cl)c2)C1.Cl. The molecule has 1 heterocycles. The van der Waals surface area contributed by atoms with E-state index < -0.39 is 5.41 Å². The van der Waals surface area contributed by atoms with Gasteiger partial charge in [0.25, 0.3) is 0 Å². The van der Waals surface area contributed by atoms with Crippen molar-refractivity contribution in [3.63, 3.8) is 0 Å². The number of carbonyl (C=O) groups is 1. The molecule has 0 spiro atoms. The molecule has 1 atom stereocenters. The van der Waals surface area contributed by atoms with E-state index in [2.05, 4.69) is 5.32 Å². The van der Waals surface area contributed by atoms with Crippen LogP contribution >= 0.6 is 24.0 Å². The van der Waals surface area contributed by atoms with Crippen molar-refractivity contribution in [2.24, 2.45) is 5.92 Å². The summed E-state index contributed by atoms with van der Waals surface area (Å²) in [6, 6.07) is 7.63. The molecule has 124 valence electrons. The summed E-state index contributed by atoms with van der Waals surface area (Å²) in [5.74, 6) is 0.758. The summed E-state index contributed by atoms with van der Waals surface area (Å²) in [5, 5.41) is 3.90. The number of nitrogens with zero attached hydrogens (tertiary/aromatic N) is 1. The van der Waals surface area contributed by atoms with E-state index in [1.54, 1.807) is 0 Å². The van der Waals surface area contributed by atoms with E-state index in [1.807, 2.05) is 50.1 Å². The lowest BCUT2D eigenvalue weighted by atomic mass is 9.82. The van der Waals surface area contributed by atoms with Crippen LogP contribution in [0.25, 0.3) is 0 Å². The van der Waals surface area contributed by atoms with Gasteiger partial charge >= 0.3 is 0 Å². The Morgan fingerprint density at radius 3 is 2.82 bits per heavy atom. The molecule has 1 aliphatic rings. The number of rotatable bonds is 4. The predicted octanol–water partition coefficient (Wildman–Crippen LogP) is 3.50. The van der Waals surface area contributed by atoms with Crippen LogP contribution in [0.5, 0.6) is 0 Å². The molecule has 0 aromatic heterocycles. The second-order valence-electron chi connectivity index (χ2n) is 6.45. The van der Waals surface area contributed by atoms with Gasteiger partial charge in [0.1, 0.15) is 0 Å². The normalized spacial score (nSPS) is 18.7. The highest BCUT2D eigenvalue weighted by molar-refractivity contribution is 6.30. The van der Waals surface area contributed by atoms with Gasteiger partial charge in [0.15, 0.2) is 0 Å². The van der Waals surface area contributed by atoms with Gasteiger partial charge in [-0.15, -0.1) is 12.4 Å². The lowest BCUT2D eigenvalue weighted by Crippen LogP contribution is -2.49. The van der Waals surface area contributed by atoms with Crippen LogP contribution in [-0.2, 0) is 10.2 Å². The molecule has 3 nitrogen and oxygen atoms in total. The predicted molar refractivity (Wildman–Crippen MR) is 95.0 cm³/mol. The molecule has 1 fully saturated rings. The van der Waals surface area contributed by atoms with Gasteiger partial charge < -0.3 is 10.2 Å². The van der Waals surface area contributed by atoms with Gasteiger partial charge in [0, 0.05) is 18.1 Å². The van der Waals surface area contributed by atoms with Crippen molar-refractivity contribution >= 4 is 29.9 Å². The van der Waals surface area contributed by atoms with Crippen molar-refractivity contribution in [3.05, 3.63) is 34.9 Å². The Kier molecular flexibility index (Phi) is 7.17. The van der Waals surface area contributed by atoms with Gasteiger partial charge in [-0.3, -0.25) is 4.79 Å². The van der Waals surface area contributed by atoms with E-state index >= 15 is 0 Å². The fraction of sp³-hybridized carbons (Fsp3) is 0.588. The topological polar surface area (TPSA) is 32.3 Å². The zero-order valence-corrected chi connectivity index (χ0v) is 15.1. The smallest absolute Gasteiger partial charge is 0.232 e. The highest BCUT2D eigenvalue weighted by Crippen LogP contribution is 2.29. The van der Waals surface area contributed by atoms with Gasteiger partial charge in [-0.05, 0) is 63.9 Å². The maximum Gasteiger partial charge on any atom is 0.232 e. The van der Waals surface area contributed by atoms with Crippen molar-refractivity contribution in [1.82, 2.24) is 10.2 Å². The van der Waals surface area contributed by atoms with Crippen LogP contribution in [-0.4, -0.2) is 37.5 Å². The van der Waals surface area contributed by atoms with Crippen molar-refractivity contribution < 1.29 is 4.79 Å². The molecule has 1 amide bonds. The highest BCUT2D eigenvalue weighted by atomic mass is 35.5. The van der Waals surface area contributed by atoms with Crippen LogP contribution in [0.1, 0.15) is 32.3 Å². The van der Waals surface area contributed by atoms with Gasteiger partial charge in [-0.1, -0.05) is 23.7 Å². The lowest BCUT2D eigenvalue weighted by molar-refractivity contribution is -0.138. The molecule has 0 bridgehead atoms. The van der Waals surface area contributed by atoms with Crippen LogP contribution in [0.15, 0.2) is 24.3 Å². The van der Waals surface area contributed by atoms with Crippen molar-refractivity contribution in [2.75, 3.05) is 26.7 Å². The summed E-state index contributed by atoms with van der Waals surface area (Å²) >= 11 is 6.07. The number of benzene rings is 1. The summed E-state index contributed by atoms with van der Waals surface area (Å²) in [7, 11) is 1.97. The van der Waals surface area contributed by atoms with E-state index in [1.165, 1.54) is 6.42 Å².